The fourth-order valence-electron chi connectivity index (χ4n) is 2.15. The van der Waals surface area contributed by atoms with E-state index in [0.717, 1.165) is 12.5 Å². The molecule has 0 aromatic carbocycles. The summed E-state index contributed by atoms with van der Waals surface area (Å²) in [7, 11) is 0. The van der Waals surface area contributed by atoms with Crippen molar-refractivity contribution in [2.75, 3.05) is 6.54 Å². The highest BCUT2D eigenvalue weighted by molar-refractivity contribution is 4.60. The molecule has 0 heterocycles. The molecule has 4 N–H and O–H groups in total. The van der Waals surface area contributed by atoms with Gasteiger partial charge in [-0.05, 0) is 44.6 Å². The fourth-order valence-corrected chi connectivity index (χ4v) is 2.15. The first-order valence-corrected chi connectivity index (χ1v) is 7.51. The Hall–Kier alpha value is -0.0800. The summed E-state index contributed by atoms with van der Waals surface area (Å²) >= 11 is 0. The van der Waals surface area contributed by atoms with E-state index in [1.165, 1.54) is 51.4 Å². The van der Waals surface area contributed by atoms with Gasteiger partial charge in [0, 0.05) is 6.04 Å². The lowest BCUT2D eigenvalue weighted by Crippen LogP contribution is -2.15. The van der Waals surface area contributed by atoms with Crippen molar-refractivity contribution in [1.29, 1.82) is 0 Å². The monoisotopic (exact) mass is 242 g/mol. The van der Waals surface area contributed by atoms with Crippen molar-refractivity contribution >= 4 is 0 Å². The van der Waals surface area contributed by atoms with Gasteiger partial charge >= 0.3 is 0 Å². The molecular weight excluding hydrogens is 208 g/mol. The van der Waals surface area contributed by atoms with Gasteiger partial charge in [-0.25, -0.2) is 0 Å². The molecule has 3 atom stereocenters. The van der Waals surface area contributed by atoms with Crippen LogP contribution in [0.5, 0.6) is 0 Å². The minimum Gasteiger partial charge on any atom is -0.330 e. The van der Waals surface area contributed by atoms with Crippen LogP contribution in [0.25, 0.3) is 0 Å². The summed E-state index contributed by atoms with van der Waals surface area (Å²) in [4.78, 5) is 0. The van der Waals surface area contributed by atoms with Gasteiger partial charge in [-0.2, -0.15) is 0 Å². The van der Waals surface area contributed by atoms with Crippen molar-refractivity contribution in [3.63, 3.8) is 0 Å². The Balaban J connectivity index is 3.21. The van der Waals surface area contributed by atoms with Crippen LogP contribution in [0.15, 0.2) is 0 Å². The van der Waals surface area contributed by atoms with Gasteiger partial charge in [0.15, 0.2) is 0 Å². The third kappa shape index (κ3) is 12.2. The largest absolute Gasteiger partial charge is 0.330 e. The van der Waals surface area contributed by atoms with Crippen molar-refractivity contribution in [2.24, 2.45) is 23.3 Å². The molecule has 0 rings (SSSR count). The zero-order valence-electron chi connectivity index (χ0n) is 12.3. The van der Waals surface area contributed by atoms with Gasteiger partial charge in [0.25, 0.3) is 0 Å². The summed E-state index contributed by atoms with van der Waals surface area (Å²) in [6.45, 7) is 7.55. The van der Waals surface area contributed by atoms with E-state index in [2.05, 4.69) is 20.8 Å². The quantitative estimate of drug-likeness (QED) is 0.543. The third-order valence-corrected chi connectivity index (χ3v) is 3.66. The summed E-state index contributed by atoms with van der Waals surface area (Å²) in [5.74, 6) is 1.56. The SMILES string of the molecule is CC(N)CCC(C)CCCCCCC(C)CN. The van der Waals surface area contributed by atoms with Gasteiger partial charge in [0.2, 0.25) is 0 Å². The van der Waals surface area contributed by atoms with Crippen LogP contribution in [-0.2, 0) is 0 Å². The van der Waals surface area contributed by atoms with Crippen LogP contribution in [0.3, 0.4) is 0 Å². The highest BCUT2D eigenvalue weighted by Gasteiger charge is 2.04. The van der Waals surface area contributed by atoms with Crippen LogP contribution < -0.4 is 11.5 Å². The van der Waals surface area contributed by atoms with Gasteiger partial charge in [-0.1, -0.05) is 46.0 Å². The molecule has 0 aliphatic rings. The van der Waals surface area contributed by atoms with Crippen molar-refractivity contribution in [3.8, 4) is 0 Å². The average Bonchev–Trinajstić information content (AvgIpc) is 2.30. The lowest BCUT2D eigenvalue weighted by Gasteiger charge is -2.13. The van der Waals surface area contributed by atoms with Gasteiger partial charge in [0.05, 0.1) is 0 Å². The maximum Gasteiger partial charge on any atom is 0.00105 e. The van der Waals surface area contributed by atoms with Crippen molar-refractivity contribution in [1.82, 2.24) is 0 Å². The number of unbranched alkanes of at least 4 members (excludes halogenated alkanes) is 3. The standard InChI is InChI=1S/C15H34N2/c1-13(10-11-15(3)17)8-6-4-5-7-9-14(2)12-16/h13-15H,4-12,16-17H2,1-3H3. The summed E-state index contributed by atoms with van der Waals surface area (Å²) in [5.41, 5.74) is 11.4. The van der Waals surface area contributed by atoms with Crippen LogP contribution >= 0.6 is 0 Å². The molecule has 0 amide bonds. The Labute approximate surface area is 109 Å². The van der Waals surface area contributed by atoms with E-state index >= 15 is 0 Å². The highest BCUT2D eigenvalue weighted by Crippen LogP contribution is 2.17. The molecule has 0 bridgehead atoms. The van der Waals surface area contributed by atoms with Gasteiger partial charge < -0.3 is 11.5 Å². The van der Waals surface area contributed by atoms with E-state index in [9.17, 15) is 0 Å². The molecule has 17 heavy (non-hydrogen) atoms. The summed E-state index contributed by atoms with van der Waals surface area (Å²) < 4.78 is 0. The molecule has 104 valence electrons. The molecule has 0 aliphatic heterocycles. The van der Waals surface area contributed by atoms with E-state index in [0.29, 0.717) is 12.0 Å². The fraction of sp³-hybridized carbons (Fsp3) is 1.00. The molecule has 0 fully saturated rings. The summed E-state index contributed by atoms with van der Waals surface area (Å²) in [6.07, 6.45) is 10.7. The molecule has 0 saturated carbocycles. The van der Waals surface area contributed by atoms with Crippen molar-refractivity contribution in [2.45, 2.75) is 78.2 Å². The van der Waals surface area contributed by atoms with Crippen LogP contribution in [0.2, 0.25) is 0 Å². The molecule has 0 aromatic rings. The maximum atomic E-state index is 5.77. The van der Waals surface area contributed by atoms with Gasteiger partial charge in [0.1, 0.15) is 0 Å². The molecule has 0 aliphatic carbocycles. The van der Waals surface area contributed by atoms with E-state index < -0.39 is 0 Å². The number of rotatable bonds is 11. The molecule has 3 unspecified atom stereocenters. The summed E-state index contributed by atoms with van der Waals surface area (Å²) in [6, 6.07) is 0.371. The lowest BCUT2D eigenvalue weighted by molar-refractivity contribution is 0.423. The second-order valence-electron chi connectivity index (χ2n) is 5.99. The van der Waals surface area contributed by atoms with E-state index in [4.69, 9.17) is 11.5 Å². The van der Waals surface area contributed by atoms with Crippen LogP contribution in [0.4, 0.5) is 0 Å². The molecule has 2 nitrogen and oxygen atoms in total. The minimum atomic E-state index is 0.371. The third-order valence-electron chi connectivity index (χ3n) is 3.66. The van der Waals surface area contributed by atoms with Crippen LogP contribution in [0, 0.1) is 11.8 Å². The Kier molecular flexibility index (Phi) is 11.0. The molecular formula is C15H34N2. The Morgan fingerprint density at radius 2 is 1.24 bits per heavy atom. The van der Waals surface area contributed by atoms with Crippen LogP contribution in [0.1, 0.15) is 72.1 Å². The first kappa shape index (κ1) is 16.9. The zero-order chi connectivity index (χ0) is 13.1. The zero-order valence-corrected chi connectivity index (χ0v) is 12.3. The number of hydrogen-bond acceptors (Lipinski definition) is 2. The first-order chi connectivity index (χ1) is 8.06. The van der Waals surface area contributed by atoms with E-state index in [-0.39, 0.29) is 0 Å². The predicted molar refractivity (Wildman–Crippen MR) is 78.0 cm³/mol. The normalized spacial score (nSPS) is 16.8. The average molecular weight is 242 g/mol. The molecule has 2 heteroatoms. The topological polar surface area (TPSA) is 52.0 Å². The second-order valence-corrected chi connectivity index (χ2v) is 5.99. The van der Waals surface area contributed by atoms with Gasteiger partial charge in [-0.15, -0.1) is 0 Å². The molecule has 0 radical (unpaired) electrons. The first-order valence-electron chi connectivity index (χ1n) is 7.51. The second kappa shape index (κ2) is 11.0. The smallest absolute Gasteiger partial charge is 0.00105 e. The Bertz CT molecular complexity index is 157. The predicted octanol–water partition coefficient (Wildman–Crippen LogP) is 3.69. The summed E-state index contributed by atoms with van der Waals surface area (Å²) in [5, 5.41) is 0. The van der Waals surface area contributed by atoms with E-state index in [1.54, 1.807) is 0 Å². The van der Waals surface area contributed by atoms with Crippen molar-refractivity contribution in [3.05, 3.63) is 0 Å². The Morgan fingerprint density at radius 3 is 1.71 bits per heavy atom. The highest BCUT2D eigenvalue weighted by atomic mass is 14.6. The molecule has 0 aromatic heterocycles. The number of nitrogens with two attached hydrogens (primary N) is 2. The minimum absolute atomic E-state index is 0.371. The maximum absolute atomic E-state index is 5.77. The lowest BCUT2D eigenvalue weighted by atomic mass is 9.95. The molecule has 0 spiro atoms. The number of hydrogen-bond donors (Lipinski definition) is 2. The Morgan fingerprint density at radius 1 is 0.706 bits per heavy atom. The molecule has 0 saturated heterocycles. The van der Waals surface area contributed by atoms with Gasteiger partial charge in [-0.3, -0.25) is 0 Å². The van der Waals surface area contributed by atoms with Crippen LogP contribution in [-0.4, -0.2) is 12.6 Å². The van der Waals surface area contributed by atoms with E-state index in [1.807, 2.05) is 0 Å². The van der Waals surface area contributed by atoms with Crippen molar-refractivity contribution < 1.29 is 0 Å².